The quantitative estimate of drug-likeness (QED) is 0.555. The fourth-order valence-corrected chi connectivity index (χ4v) is 5.63. The molecule has 1 fully saturated rings. The van der Waals surface area contributed by atoms with E-state index in [1.807, 2.05) is 34.6 Å². The molecule has 0 bridgehead atoms. The van der Waals surface area contributed by atoms with Gasteiger partial charge in [0.25, 0.3) is 0 Å². The molecule has 0 aromatic carbocycles. The van der Waals surface area contributed by atoms with Crippen LogP contribution in [0.3, 0.4) is 0 Å². The Labute approximate surface area is 197 Å². The van der Waals surface area contributed by atoms with Gasteiger partial charge in [-0.15, -0.1) is 0 Å². The molecular weight excluding hydrogens is 420 g/mol. The molecule has 0 radical (unpaired) electrons. The summed E-state index contributed by atoms with van der Waals surface area (Å²) in [4.78, 5) is 32.3. The molecule has 1 aliphatic carbocycles. The third-order valence-corrected chi connectivity index (χ3v) is 6.84. The van der Waals surface area contributed by atoms with Crippen LogP contribution in [0.4, 0.5) is 4.79 Å². The summed E-state index contributed by atoms with van der Waals surface area (Å²) in [5.74, 6) is -1.16. The Balaban J connectivity index is 2.20. The predicted octanol–water partition coefficient (Wildman–Crippen LogP) is 5.31. The van der Waals surface area contributed by atoms with Gasteiger partial charge in [0, 0.05) is 37.7 Å². The first-order chi connectivity index (χ1) is 15.2. The van der Waals surface area contributed by atoms with Crippen molar-refractivity contribution in [2.75, 3.05) is 0 Å². The maximum atomic E-state index is 13.6. The Morgan fingerprint density at radius 2 is 2.00 bits per heavy atom. The molecule has 3 atom stereocenters. The minimum Gasteiger partial charge on any atom is -0.465 e. The van der Waals surface area contributed by atoms with E-state index in [0.717, 1.165) is 25.0 Å². The highest BCUT2D eigenvalue weighted by Gasteiger charge is 2.62. The van der Waals surface area contributed by atoms with Crippen LogP contribution in [0.2, 0.25) is 0 Å². The molecule has 184 valence electrons. The van der Waals surface area contributed by atoms with Gasteiger partial charge >= 0.3 is 12.1 Å². The number of aryl methyl sites for hydroxylation is 1. The van der Waals surface area contributed by atoms with Crippen molar-refractivity contribution in [2.45, 2.75) is 116 Å². The minimum atomic E-state index is -1.48. The van der Waals surface area contributed by atoms with E-state index >= 15 is 0 Å². The van der Waals surface area contributed by atoms with Crippen LogP contribution in [-0.2, 0) is 27.1 Å². The maximum absolute atomic E-state index is 13.6. The van der Waals surface area contributed by atoms with E-state index < -0.39 is 35.0 Å². The Kier molecular flexibility index (Phi) is 6.87. The zero-order chi connectivity index (χ0) is 24.8. The Morgan fingerprint density at radius 1 is 1.33 bits per heavy atom. The Morgan fingerprint density at radius 3 is 2.48 bits per heavy atom. The molecule has 2 aliphatic rings. The number of pyridine rings is 1. The van der Waals surface area contributed by atoms with Gasteiger partial charge in [-0.2, -0.15) is 0 Å². The van der Waals surface area contributed by atoms with Gasteiger partial charge in [-0.1, -0.05) is 20.8 Å². The molecular formula is C26H40N2O5. The normalized spacial score (nSPS) is 25.1. The fraction of sp³-hybridized carbons (Fsp3) is 0.731. The van der Waals surface area contributed by atoms with Gasteiger partial charge in [-0.25, -0.2) is 9.59 Å². The molecule has 1 amide bonds. The van der Waals surface area contributed by atoms with E-state index in [1.165, 1.54) is 16.0 Å². The molecule has 1 aromatic rings. The van der Waals surface area contributed by atoms with Crippen molar-refractivity contribution in [3.05, 3.63) is 29.1 Å². The van der Waals surface area contributed by atoms with Crippen molar-refractivity contribution in [1.82, 2.24) is 9.88 Å². The lowest BCUT2D eigenvalue weighted by Crippen LogP contribution is -2.64. The maximum Gasteiger partial charge on any atom is 0.408 e. The molecule has 1 aliphatic heterocycles. The molecule has 1 saturated heterocycles. The van der Waals surface area contributed by atoms with Crippen molar-refractivity contribution in [1.29, 1.82) is 0 Å². The average molecular weight is 461 g/mol. The summed E-state index contributed by atoms with van der Waals surface area (Å²) in [5, 5.41) is 10.3. The van der Waals surface area contributed by atoms with E-state index in [0.29, 0.717) is 12.3 Å². The predicted molar refractivity (Wildman–Crippen MR) is 126 cm³/mol. The number of ether oxygens (including phenoxy) is 2. The van der Waals surface area contributed by atoms with E-state index in [2.05, 4.69) is 13.0 Å². The van der Waals surface area contributed by atoms with Crippen molar-refractivity contribution in [3.63, 3.8) is 0 Å². The summed E-state index contributed by atoms with van der Waals surface area (Å²) < 4.78 is 12.2. The second-order valence-corrected chi connectivity index (χ2v) is 11.4. The third-order valence-electron chi connectivity index (χ3n) is 6.84. The summed E-state index contributed by atoms with van der Waals surface area (Å²) >= 11 is 0. The van der Waals surface area contributed by atoms with Gasteiger partial charge in [-0.05, 0) is 75.5 Å². The molecule has 7 nitrogen and oxygen atoms in total. The highest BCUT2D eigenvalue weighted by Crippen LogP contribution is 2.45. The second kappa shape index (κ2) is 8.90. The molecule has 0 spiro atoms. The van der Waals surface area contributed by atoms with E-state index in [-0.39, 0.29) is 12.3 Å². The monoisotopic (exact) mass is 460 g/mol. The largest absolute Gasteiger partial charge is 0.465 e. The number of hydrogen-bond acceptors (Lipinski definition) is 5. The second-order valence-electron chi connectivity index (χ2n) is 11.4. The van der Waals surface area contributed by atoms with E-state index in [9.17, 15) is 14.7 Å². The Hall–Kier alpha value is -2.15. The number of cyclic esters (lactones) is 1. The number of carbonyl (C=O) groups excluding carboxylic acids is 1. The van der Waals surface area contributed by atoms with Crippen LogP contribution in [-0.4, -0.2) is 50.0 Å². The van der Waals surface area contributed by atoms with Crippen molar-refractivity contribution in [3.8, 4) is 0 Å². The number of rotatable bonds is 7. The fourth-order valence-electron chi connectivity index (χ4n) is 5.63. The minimum absolute atomic E-state index is 0.133. The van der Waals surface area contributed by atoms with Gasteiger partial charge in [0.15, 0.2) is 5.60 Å². The highest BCUT2D eigenvalue weighted by molar-refractivity contribution is 5.84. The lowest BCUT2D eigenvalue weighted by atomic mass is 9.79. The molecule has 1 unspecified atom stereocenters. The van der Waals surface area contributed by atoms with Crippen molar-refractivity contribution < 1.29 is 24.2 Å². The summed E-state index contributed by atoms with van der Waals surface area (Å²) in [6.07, 6.45) is 4.41. The van der Waals surface area contributed by atoms with Crippen molar-refractivity contribution >= 4 is 12.1 Å². The number of amides is 1. The first-order valence-corrected chi connectivity index (χ1v) is 12.1. The van der Waals surface area contributed by atoms with Crippen LogP contribution in [0.25, 0.3) is 0 Å². The summed E-state index contributed by atoms with van der Waals surface area (Å²) in [6, 6.07) is 1.33. The zero-order valence-corrected chi connectivity index (χ0v) is 21.4. The van der Waals surface area contributed by atoms with Crippen LogP contribution in [0.1, 0.15) is 97.4 Å². The molecule has 2 heterocycles. The lowest BCUT2D eigenvalue weighted by Gasteiger charge is -2.46. The van der Waals surface area contributed by atoms with Gasteiger partial charge < -0.3 is 14.6 Å². The molecule has 1 aromatic heterocycles. The first-order valence-electron chi connectivity index (χ1n) is 12.1. The summed E-state index contributed by atoms with van der Waals surface area (Å²) in [7, 11) is 0. The van der Waals surface area contributed by atoms with Crippen molar-refractivity contribution in [2.24, 2.45) is 5.92 Å². The van der Waals surface area contributed by atoms with Crippen LogP contribution in [0.15, 0.2) is 12.3 Å². The van der Waals surface area contributed by atoms with Crippen LogP contribution in [0, 0.1) is 5.92 Å². The number of nitrogens with zero attached hydrogens (tertiary/aromatic N) is 2. The number of carboxylic acid groups (broad SMARTS) is 1. The topological polar surface area (TPSA) is 89.0 Å². The van der Waals surface area contributed by atoms with E-state index in [1.54, 1.807) is 20.0 Å². The highest BCUT2D eigenvalue weighted by atomic mass is 16.8. The van der Waals surface area contributed by atoms with Gasteiger partial charge in [-0.3, -0.25) is 9.88 Å². The number of hydrogen-bond donors (Lipinski definition) is 1. The summed E-state index contributed by atoms with van der Waals surface area (Å²) in [6.45, 7) is 15.2. The molecule has 3 rings (SSSR count). The smallest absolute Gasteiger partial charge is 0.408 e. The number of fused-ring (bicyclic) bond motifs is 1. The number of aromatic nitrogens is 1. The zero-order valence-electron chi connectivity index (χ0n) is 21.4. The van der Waals surface area contributed by atoms with Crippen LogP contribution < -0.4 is 0 Å². The molecule has 33 heavy (non-hydrogen) atoms. The molecule has 0 saturated carbocycles. The van der Waals surface area contributed by atoms with E-state index in [4.69, 9.17) is 14.5 Å². The van der Waals surface area contributed by atoms with Gasteiger partial charge in [0.05, 0.1) is 6.04 Å². The van der Waals surface area contributed by atoms with Gasteiger partial charge in [0.1, 0.15) is 0 Å². The average Bonchev–Trinajstić information content (AvgIpc) is 3.18. The van der Waals surface area contributed by atoms with Crippen LogP contribution >= 0.6 is 0 Å². The molecule has 7 heteroatoms. The standard InChI is InChI=1S/C26H40N2O5/c1-9-17-10-11-18-12-13-27-19(21(17)18)15-26(22(29)32-25(7,8)33-26)20(14-16(2)3)28(23(30)31)24(4,5)6/h12-13,16-17,20H,9-11,14-15H2,1-8H3,(H,30,31)/t17?,20-,26+/m0/s1. The van der Waals surface area contributed by atoms with Gasteiger partial charge in [0.2, 0.25) is 5.79 Å². The number of carbonyl (C=O) groups is 2. The first kappa shape index (κ1) is 25.5. The lowest BCUT2D eigenvalue weighted by molar-refractivity contribution is -0.180. The molecule has 1 N–H and O–H groups in total. The SMILES string of the molecule is CCC1CCc2ccnc(C[C@]3([C@H](CC(C)C)N(C(=O)O)C(C)(C)C)OC(C)(C)OC3=O)c21. The number of esters is 1. The Bertz CT molecular complexity index is 904. The van der Waals surface area contributed by atoms with Crippen LogP contribution in [0.5, 0.6) is 0 Å². The third kappa shape index (κ3) is 4.88. The summed E-state index contributed by atoms with van der Waals surface area (Å²) in [5.41, 5.74) is 1.05.